The summed E-state index contributed by atoms with van der Waals surface area (Å²) in [5.74, 6) is 0.646. The lowest BCUT2D eigenvalue weighted by molar-refractivity contribution is 0.734. The molecule has 0 saturated carbocycles. The molecule has 0 amide bonds. The van der Waals surface area contributed by atoms with Gasteiger partial charge in [-0.15, -0.1) is 0 Å². The first-order valence-corrected chi connectivity index (χ1v) is 12.5. The van der Waals surface area contributed by atoms with Crippen LogP contribution >= 0.6 is 0 Å². The van der Waals surface area contributed by atoms with Crippen LogP contribution in [0.1, 0.15) is 44.6 Å². The van der Waals surface area contributed by atoms with E-state index in [0.717, 1.165) is 12.8 Å². The van der Waals surface area contributed by atoms with Gasteiger partial charge in [0.25, 0.3) is 0 Å². The van der Waals surface area contributed by atoms with Gasteiger partial charge in [-0.3, -0.25) is 0 Å². The Labute approximate surface area is 183 Å². The van der Waals surface area contributed by atoms with Crippen molar-refractivity contribution in [2.45, 2.75) is 39.0 Å². The third kappa shape index (κ3) is 4.83. The Balaban J connectivity index is 1.55. The zero-order valence-corrected chi connectivity index (χ0v) is 19.5. The molecule has 1 atom stereocenters. The van der Waals surface area contributed by atoms with Crippen molar-refractivity contribution < 1.29 is 0 Å². The minimum atomic E-state index is -0.452. The summed E-state index contributed by atoms with van der Waals surface area (Å²) >= 11 is 0. The molecule has 0 saturated heterocycles. The van der Waals surface area contributed by atoms with Crippen LogP contribution in [0.2, 0.25) is 0 Å². The molecule has 0 N–H and O–H groups in total. The standard InChI is InChI=1S/C28H31NSi/c1-3-22(2)23-14-18-27(19-15-23)30-28-20-16-26(17-21-28)29(24-10-6-4-7-11-24)25-12-8-5-9-13-25/h4-8,10-12,14-22H,3,9,13,30H2,1-2H3. The monoisotopic (exact) mass is 409 g/mol. The van der Waals surface area contributed by atoms with Crippen LogP contribution in [0, 0.1) is 0 Å². The van der Waals surface area contributed by atoms with Gasteiger partial charge in [0, 0.05) is 17.1 Å². The number of hydrogen-bond donors (Lipinski definition) is 0. The van der Waals surface area contributed by atoms with Crippen molar-refractivity contribution in [2.24, 2.45) is 0 Å². The van der Waals surface area contributed by atoms with Crippen LogP contribution < -0.4 is 15.3 Å². The van der Waals surface area contributed by atoms with E-state index in [1.54, 1.807) is 0 Å². The molecule has 3 aromatic rings. The molecule has 3 aromatic carbocycles. The smallest absolute Gasteiger partial charge is 0.0875 e. The van der Waals surface area contributed by atoms with Gasteiger partial charge in [-0.05, 0) is 61.1 Å². The highest BCUT2D eigenvalue weighted by molar-refractivity contribution is 6.67. The Morgan fingerprint density at radius 2 is 1.47 bits per heavy atom. The van der Waals surface area contributed by atoms with E-state index in [1.165, 1.54) is 39.4 Å². The molecule has 4 rings (SSSR count). The molecule has 1 nitrogen and oxygen atoms in total. The van der Waals surface area contributed by atoms with Crippen LogP contribution in [0.25, 0.3) is 0 Å². The highest BCUT2D eigenvalue weighted by atomic mass is 28.2. The van der Waals surface area contributed by atoms with E-state index in [9.17, 15) is 0 Å². The predicted molar refractivity (Wildman–Crippen MR) is 134 cm³/mol. The zero-order chi connectivity index (χ0) is 20.8. The lowest BCUT2D eigenvalue weighted by atomic mass is 9.99. The van der Waals surface area contributed by atoms with E-state index in [-0.39, 0.29) is 0 Å². The molecule has 1 unspecified atom stereocenters. The summed E-state index contributed by atoms with van der Waals surface area (Å²) < 4.78 is 0. The topological polar surface area (TPSA) is 3.24 Å². The maximum atomic E-state index is 2.40. The van der Waals surface area contributed by atoms with Gasteiger partial charge in [0.05, 0.1) is 9.52 Å². The van der Waals surface area contributed by atoms with Gasteiger partial charge in [-0.2, -0.15) is 0 Å². The molecule has 0 heterocycles. The van der Waals surface area contributed by atoms with E-state index in [1.807, 2.05) is 0 Å². The Hall–Kier alpha value is -2.84. The van der Waals surface area contributed by atoms with E-state index < -0.39 is 9.52 Å². The second-order valence-corrected chi connectivity index (χ2v) is 10.2. The van der Waals surface area contributed by atoms with E-state index in [0.29, 0.717) is 5.92 Å². The Morgan fingerprint density at radius 3 is 2.07 bits per heavy atom. The summed E-state index contributed by atoms with van der Waals surface area (Å²) in [6.45, 7) is 4.56. The molecule has 1 aliphatic rings. The van der Waals surface area contributed by atoms with Crippen LogP contribution in [-0.4, -0.2) is 9.52 Å². The third-order valence-corrected chi connectivity index (χ3v) is 7.82. The number of benzene rings is 3. The normalized spacial score (nSPS) is 14.7. The Kier molecular flexibility index (Phi) is 6.66. The first-order chi connectivity index (χ1) is 14.7. The predicted octanol–water partition coefficient (Wildman–Crippen LogP) is 5.69. The second-order valence-electron chi connectivity index (χ2n) is 8.19. The first kappa shape index (κ1) is 20.4. The minimum absolute atomic E-state index is 0.452. The van der Waals surface area contributed by atoms with Gasteiger partial charge in [-0.1, -0.05) is 91.0 Å². The van der Waals surface area contributed by atoms with Crippen molar-refractivity contribution in [3.8, 4) is 0 Å². The average Bonchev–Trinajstić information content (AvgIpc) is 2.82. The number of rotatable bonds is 7. The molecule has 152 valence electrons. The van der Waals surface area contributed by atoms with Crippen molar-refractivity contribution in [3.63, 3.8) is 0 Å². The summed E-state index contributed by atoms with van der Waals surface area (Å²) in [6.07, 6.45) is 10.0. The Morgan fingerprint density at radius 1 is 0.833 bits per heavy atom. The van der Waals surface area contributed by atoms with E-state index in [2.05, 4.69) is 116 Å². The summed E-state index contributed by atoms with van der Waals surface area (Å²) in [5, 5.41) is 3.00. The number of allylic oxidation sites excluding steroid dienone is 4. The molecule has 0 spiro atoms. The van der Waals surface area contributed by atoms with E-state index >= 15 is 0 Å². The maximum absolute atomic E-state index is 2.40. The van der Waals surface area contributed by atoms with Gasteiger partial charge in [0.2, 0.25) is 0 Å². The molecule has 0 radical (unpaired) electrons. The van der Waals surface area contributed by atoms with Crippen LogP contribution in [0.4, 0.5) is 11.4 Å². The van der Waals surface area contributed by atoms with Crippen molar-refractivity contribution in [1.29, 1.82) is 0 Å². The number of anilines is 2. The highest BCUT2D eigenvalue weighted by Crippen LogP contribution is 2.32. The fourth-order valence-electron chi connectivity index (χ4n) is 4.03. The number of nitrogens with zero attached hydrogens (tertiary/aromatic N) is 1. The van der Waals surface area contributed by atoms with Gasteiger partial charge >= 0.3 is 0 Å². The lowest BCUT2D eigenvalue weighted by Crippen LogP contribution is -2.27. The van der Waals surface area contributed by atoms with Gasteiger partial charge in [0.1, 0.15) is 0 Å². The molecule has 0 fully saturated rings. The molecular weight excluding hydrogens is 378 g/mol. The molecule has 30 heavy (non-hydrogen) atoms. The maximum Gasteiger partial charge on any atom is 0.0875 e. The van der Waals surface area contributed by atoms with Crippen molar-refractivity contribution >= 4 is 31.3 Å². The highest BCUT2D eigenvalue weighted by Gasteiger charge is 2.15. The molecule has 2 heteroatoms. The van der Waals surface area contributed by atoms with E-state index in [4.69, 9.17) is 0 Å². The van der Waals surface area contributed by atoms with Crippen molar-refractivity contribution in [1.82, 2.24) is 0 Å². The average molecular weight is 410 g/mol. The second kappa shape index (κ2) is 9.77. The molecule has 1 aliphatic carbocycles. The SMILES string of the molecule is CCC(C)c1ccc([SiH2]c2ccc(N(C3=CC=CCC3)c3ccccc3)cc2)cc1. The van der Waals surface area contributed by atoms with Gasteiger partial charge in [0.15, 0.2) is 0 Å². The summed E-state index contributed by atoms with van der Waals surface area (Å²) in [5.41, 5.74) is 5.28. The number of para-hydroxylation sites is 1. The quantitative estimate of drug-likeness (QED) is 0.453. The van der Waals surface area contributed by atoms with Gasteiger partial charge < -0.3 is 4.90 Å². The van der Waals surface area contributed by atoms with Crippen LogP contribution in [0.15, 0.2) is 103 Å². The van der Waals surface area contributed by atoms with Crippen LogP contribution in [-0.2, 0) is 0 Å². The molecule has 0 bridgehead atoms. The third-order valence-electron chi connectivity index (χ3n) is 6.06. The first-order valence-electron chi connectivity index (χ1n) is 11.1. The fourth-order valence-corrected chi connectivity index (χ4v) is 5.45. The van der Waals surface area contributed by atoms with Crippen LogP contribution in [0.5, 0.6) is 0 Å². The summed E-state index contributed by atoms with van der Waals surface area (Å²) in [6, 6.07) is 29.3. The molecule has 0 aromatic heterocycles. The summed E-state index contributed by atoms with van der Waals surface area (Å²) in [7, 11) is -0.452. The summed E-state index contributed by atoms with van der Waals surface area (Å²) in [4.78, 5) is 2.40. The van der Waals surface area contributed by atoms with Crippen LogP contribution in [0.3, 0.4) is 0 Å². The Bertz CT molecular complexity index is 1000. The molecular formula is C28H31NSi. The number of hydrogen-bond acceptors (Lipinski definition) is 1. The minimum Gasteiger partial charge on any atom is -0.314 e. The van der Waals surface area contributed by atoms with Crippen molar-refractivity contribution in [2.75, 3.05) is 4.90 Å². The zero-order valence-electron chi connectivity index (χ0n) is 18.1. The molecule has 0 aliphatic heterocycles. The van der Waals surface area contributed by atoms with Gasteiger partial charge in [-0.25, -0.2) is 0 Å². The van der Waals surface area contributed by atoms with Crippen molar-refractivity contribution in [3.05, 3.63) is 108 Å². The largest absolute Gasteiger partial charge is 0.314 e. The lowest BCUT2D eigenvalue weighted by Gasteiger charge is -2.29. The fraction of sp³-hybridized carbons (Fsp3) is 0.214.